The highest BCUT2D eigenvalue weighted by molar-refractivity contribution is 5.36. The Bertz CT molecular complexity index is 609. The van der Waals surface area contributed by atoms with Gasteiger partial charge in [0, 0.05) is 11.1 Å². The van der Waals surface area contributed by atoms with Crippen molar-refractivity contribution in [1.82, 2.24) is 0 Å². The molecule has 0 fully saturated rings. The Morgan fingerprint density at radius 3 is 1.38 bits per heavy atom. The SMILES string of the molecule is Fc1ccc(F)c(C(c2cc(F)ccc2F)C(F)(F)F)c1. The van der Waals surface area contributed by atoms with E-state index in [1.54, 1.807) is 0 Å². The van der Waals surface area contributed by atoms with Crippen molar-refractivity contribution in [3.8, 4) is 0 Å². The van der Waals surface area contributed by atoms with Crippen LogP contribution in [0.1, 0.15) is 17.0 Å². The first-order chi connectivity index (χ1) is 9.70. The van der Waals surface area contributed by atoms with Gasteiger partial charge in [0.05, 0.1) is 0 Å². The second kappa shape index (κ2) is 5.38. The normalized spacial score (nSPS) is 12.0. The van der Waals surface area contributed by atoms with Crippen LogP contribution in [0.15, 0.2) is 36.4 Å². The van der Waals surface area contributed by atoms with Gasteiger partial charge in [-0.2, -0.15) is 13.2 Å². The molecule has 0 aliphatic heterocycles. The van der Waals surface area contributed by atoms with Crippen LogP contribution < -0.4 is 0 Å². The van der Waals surface area contributed by atoms with Gasteiger partial charge in [-0.3, -0.25) is 0 Å². The van der Waals surface area contributed by atoms with Crippen molar-refractivity contribution in [3.63, 3.8) is 0 Å². The Hall–Kier alpha value is -2.05. The number of hydrogen-bond acceptors (Lipinski definition) is 0. The van der Waals surface area contributed by atoms with Gasteiger partial charge in [-0.1, -0.05) is 0 Å². The summed E-state index contributed by atoms with van der Waals surface area (Å²) in [6.45, 7) is 0. The van der Waals surface area contributed by atoms with Gasteiger partial charge < -0.3 is 0 Å². The molecular weight excluding hydrogens is 301 g/mol. The van der Waals surface area contributed by atoms with Crippen molar-refractivity contribution < 1.29 is 30.7 Å². The van der Waals surface area contributed by atoms with E-state index in [1.165, 1.54) is 0 Å². The summed E-state index contributed by atoms with van der Waals surface area (Å²) >= 11 is 0. The second-order valence-electron chi connectivity index (χ2n) is 4.31. The molecule has 112 valence electrons. The van der Waals surface area contributed by atoms with Gasteiger partial charge in [0.15, 0.2) is 0 Å². The molecule has 0 N–H and O–H groups in total. The molecule has 0 atom stereocenters. The minimum atomic E-state index is -5.12. The van der Waals surface area contributed by atoms with Gasteiger partial charge in [0.1, 0.15) is 29.2 Å². The molecule has 0 saturated carbocycles. The Balaban J connectivity index is 2.70. The Labute approximate surface area is 114 Å². The van der Waals surface area contributed by atoms with E-state index in [4.69, 9.17) is 0 Å². The predicted molar refractivity (Wildman–Crippen MR) is 60.6 cm³/mol. The van der Waals surface area contributed by atoms with Crippen LogP contribution in [0.25, 0.3) is 0 Å². The molecule has 0 aromatic heterocycles. The molecule has 0 spiro atoms. The zero-order chi connectivity index (χ0) is 15.8. The van der Waals surface area contributed by atoms with Gasteiger partial charge in [0.25, 0.3) is 0 Å². The van der Waals surface area contributed by atoms with E-state index in [9.17, 15) is 30.7 Å². The fourth-order valence-corrected chi connectivity index (χ4v) is 1.99. The molecule has 21 heavy (non-hydrogen) atoms. The lowest BCUT2D eigenvalue weighted by Crippen LogP contribution is -2.24. The van der Waals surface area contributed by atoms with E-state index in [1.807, 2.05) is 0 Å². The molecule has 2 aromatic carbocycles. The molecule has 0 saturated heterocycles. The average Bonchev–Trinajstić information content (AvgIpc) is 2.36. The van der Waals surface area contributed by atoms with Gasteiger partial charge >= 0.3 is 6.18 Å². The van der Waals surface area contributed by atoms with E-state index in [0.717, 1.165) is 0 Å². The highest BCUT2D eigenvalue weighted by Crippen LogP contribution is 2.42. The van der Waals surface area contributed by atoms with Gasteiger partial charge in [0.2, 0.25) is 0 Å². The Kier molecular flexibility index (Phi) is 3.93. The van der Waals surface area contributed by atoms with Gasteiger partial charge in [-0.05, 0) is 36.4 Å². The average molecular weight is 308 g/mol. The highest BCUT2D eigenvalue weighted by atomic mass is 19.4. The molecule has 0 bridgehead atoms. The predicted octanol–water partition coefficient (Wildman–Crippen LogP) is 4.94. The largest absolute Gasteiger partial charge is 0.399 e. The standard InChI is InChI=1S/C14H7F7/c15-7-1-3-11(17)9(5-7)13(14(19,20)21)10-6-8(16)2-4-12(10)18/h1-6,13H. The summed E-state index contributed by atoms with van der Waals surface area (Å²) in [6.07, 6.45) is -5.12. The highest BCUT2D eigenvalue weighted by Gasteiger charge is 2.44. The summed E-state index contributed by atoms with van der Waals surface area (Å²) in [6, 6.07) is 2.90. The molecule has 7 heteroatoms. The van der Waals surface area contributed by atoms with Crippen LogP contribution in [0, 0.1) is 23.3 Å². The third-order valence-electron chi connectivity index (χ3n) is 2.87. The van der Waals surface area contributed by atoms with E-state index in [0.29, 0.717) is 36.4 Å². The van der Waals surface area contributed by atoms with Crippen LogP contribution >= 0.6 is 0 Å². The number of halogens is 7. The maximum Gasteiger partial charge on any atom is 0.399 e. The van der Waals surface area contributed by atoms with Crippen molar-refractivity contribution in [1.29, 1.82) is 0 Å². The number of alkyl halides is 3. The molecule has 0 aliphatic rings. The van der Waals surface area contributed by atoms with Gasteiger partial charge in [-0.15, -0.1) is 0 Å². The molecule has 0 unspecified atom stereocenters. The van der Waals surface area contributed by atoms with Crippen molar-refractivity contribution in [2.75, 3.05) is 0 Å². The molecule has 2 aromatic rings. The van der Waals surface area contributed by atoms with Gasteiger partial charge in [-0.25, -0.2) is 17.6 Å². The minimum Gasteiger partial charge on any atom is -0.207 e. The Morgan fingerprint density at radius 2 is 1.05 bits per heavy atom. The summed E-state index contributed by atoms with van der Waals surface area (Å²) in [5, 5.41) is 0. The topological polar surface area (TPSA) is 0 Å². The van der Waals surface area contributed by atoms with Crippen molar-refractivity contribution in [2.45, 2.75) is 12.1 Å². The monoisotopic (exact) mass is 308 g/mol. The van der Waals surface area contributed by atoms with Crippen LogP contribution in [0.5, 0.6) is 0 Å². The van der Waals surface area contributed by atoms with Crippen LogP contribution in [0.3, 0.4) is 0 Å². The molecule has 0 heterocycles. The first-order valence-electron chi connectivity index (χ1n) is 5.66. The summed E-state index contributed by atoms with van der Waals surface area (Å²) < 4.78 is 92.8. The minimum absolute atomic E-state index is 0.317. The summed E-state index contributed by atoms with van der Waals surface area (Å²) in [5.74, 6) is -7.75. The lowest BCUT2D eigenvalue weighted by atomic mass is 9.89. The zero-order valence-corrected chi connectivity index (χ0v) is 10.2. The molecule has 0 nitrogen and oxygen atoms in total. The molecule has 0 radical (unpaired) electrons. The van der Waals surface area contributed by atoms with Crippen LogP contribution in [-0.2, 0) is 0 Å². The van der Waals surface area contributed by atoms with Crippen molar-refractivity contribution in [2.24, 2.45) is 0 Å². The van der Waals surface area contributed by atoms with E-state index >= 15 is 0 Å². The number of benzene rings is 2. The smallest absolute Gasteiger partial charge is 0.207 e. The lowest BCUT2D eigenvalue weighted by molar-refractivity contribution is -0.142. The maximum atomic E-state index is 13.6. The summed E-state index contributed by atoms with van der Waals surface area (Å²) in [5.41, 5.74) is -2.21. The fraction of sp³-hybridized carbons (Fsp3) is 0.143. The fourth-order valence-electron chi connectivity index (χ4n) is 1.99. The first-order valence-corrected chi connectivity index (χ1v) is 5.66. The Morgan fingerprint density at radius 1 is 0.667 bits per heavy atom. The quantitative estimate of drug-likeness (QED) is 0.690. The molecule has 0 amide bonds. The zero-order valence-electron chi connectivity index (χ0n) is 10.2. The number of rotatable bonds is 2. The molecular formula is C14H7F7. The van der Waals surface area contributed by atoms with Crippen LogP contribution in [0.4, 0.5) is 30.7 Å². The maximum absolute atomic E-state index is 13.6. The number of hydrogen-bond donors (Lipinski definition) is 0. The lowest BCUT2D eigenvalue weighted by Gasteiger charge is -2.22. The first kappa shape index (κ1) is 15.3. The second-order valence-corrected chi connectivity index (χ2v) is 4.31. The van der Waals surface area contributed by atoms with E-state index in [2.05, 4.69) is 0 Å². The van der Waals surface area contributed by atoms with E-state index in [-0.39, 0.29) is 0 Å². The van der Waals surface area contributed by atoms with Crippen LogP contribution in [-0.4, -0.2) is 6.18 Å². The van der Waals surface area contributed by atoms with E-state index < -0.39 is 46.5 Å². The molecule has 2 rings (SSSR count). The third kappa shape index (κ3) is 3.17. The summed E-state index contributed by atoms with van der Waals surface area (Å²) in [7, 11) is 0. The third-order valence-corrected chi connectivity index (χ3v) is 2.87. The molecule has 0 aliphatic carbocycles. The van der Waals surface area contributed by atoms with Crippen LogP contribution in [0.2, 0.25) is 0 Å². The van der Waals surface area contributed by atoms with Crippen molar-refractivity contribution in [3.05, 3.63) is 70.8 Å². The van der Waals surface area contributed by atoms with Crippen molar-refractivity contribution >= 4 is 0 Å². The summed E-state index contributed by atoms with van der Waals surface area (Å²) in [4.78, 5) is 0.